The average molecular weight is 232 g/mol. The second-order valence-corrected chi connectivity index (χ2v) is 4.66. The van der Waals surface area contributed by atoms with Crippen LogP contribution in [-0.2, 0) is 13.1 Å². The van der Waals surface area contributed by atoms with Crippen LogP contribution in [0.3, 0.4) is 0 Å². The maximum Gasteiger partial charge on any atom is 0.0610 e. The maximum absolute atomic E-state index is 8.97. The number of fused-ring (bicyclic) bond motifs is 1. The Labute approximate surface area is 102 Å². The number of hydrogen-bond acceptors (Lipinski definition) is 2. The van der Waals surface area contributed by atoms with Gasteiger partial charge in [0.15, 0.2) is 0 Å². The molecule has 1 heterocycles. The molecule has 0 radical (unpaired) electrons. The van der Waals surface area contributed by atoms with Crippen molar-refractivity contribution in [1.82, 2.24) is 9.88 Å². The maximum atomic E-state index is 8.97. The summed E-state index contributed by atoms with van der Waals surface area (Å²) in [5.74, 6) is 0. The molecule has 0 saturated carbocycles. The first kappa shape index (κ1) is 12.1. The van der Waals surface area contributed by atoms with Gasteiger partial charge >= 0.3 is 0 Å². The Kier molecular flexibility index (Phi) is 3.82. The van der Waals surface area contributed by atoms with E-state index in [9.17, 15) is 0 Å². The molecule has 92 valence electrons. The van der Waals surface area contributed by atoms with E-state index in [4.69, 9.17) is 5.11 Å². The third-order valence-corrected chi connectivity index (χ3v) is 2.89. The van der Waals surface area contributed by atoms with Gasteiger partial charge in [0.2, 0.25) is 0 Å². The predicted molar refractivity (Wildman–Crippen MR) is 71.0 cm³/mol. The minimum atomic E-state index is 0.181. The molecule has 0 bridgehead atoms. The lowest BCUT2D eigenvalue weighted by Crippen LogP contribution is -2.21. The lowest BCUT2D eigenvalue weighted by atomic mass is 10.1. The number of nitrogens with one attached hydrogen (secondary N) is 1. The Balaban J connectivity index is 2.20. The van der Waals surface area contributed by atoms with Crippen LogP contribution < -0.4 is 5.32 Å². The highest BCUT2D eigenvalue weighted by Crippen LogP contribution is 2.17. The highest BCUT2D eigenvalue weighted by atomic mass is 16.3. The van der Waals surface area contributed by atoms with Crippen LogP contribution in [0.5, 0.6) is 0 Å². The first-order valence-electron chi connectivity index (χ1n) is 6.12. The molecule has 3 heteroatoms. The Morgan fingerprint density at radius 1 is 1.29 bits per heavy atom. The highest BCUT2D eigenvalue weighted by Gasteiger charge is 2.02. The molecule has 0 aliphatic rings. The van der Waals surface area contributed by atoms with Gasteiger partial charge in [0.1, 0.15) is 0 Å². The fourth-order valence-electron chi connectivity index (χ4n) is 1.98. The van der Waals surface area contributed by atoms with Crippen molar-refractivity contribution < 1.29 is 5.11 Å². The van der Waals surface area contributed by atoms with Gasteiger partial charge in [-0.25, -0.2) is 0 Å². The molecule has 0 saturated heterocycles. The van der Waals surface area contributed by atoms with Crippen molar-refractivity contribution in [2.24, 2.45) is 0 Å². The summed E-state index contributed by atoms with van der Waals surface area (Å²) in [6.45, 7) is 6.04. The van der Waals surface area contributed by atoms with E-state index in [0.29, 0.717) is 12.6 Å². The molecule has 1 aromatic heterocycles. The van der Waals surface area contributed by atoms with Crippen molar-refractivity contribution in [2.45, 2.75) is 33.0 Å². The smallest absolute Gasteiger partial charge is 0.0610 e. The monoisotopic (exact) mass is 232 g/mol. The Hall–Kier alpha value is -1.32. The van der Waals surface area contributed by atoms with Crippen LogP contribution in [0.1, 0.15) is 19.4 Å². The van der Waals surface area contributed by atoms with Crippen LogP contribution in [-0.4, -0.2) is 22.3 Å². The molecular formula is C14H20N2O. The quantitative estimate of drug-likeness (QED) is 0.828. The minimum Gasteiger partial charge on any atom is -0.395 e. The van der Waals surface area contributed by atoms with E-state index in [1.165, 1.54) is 16.5 Å². The largest absolute Gasteiger partial charge is 0.395 e. The van der Waals surface area contributed by atoms with E-state index in [2.05, 4.69) is 48.0 Å². The molecule has 0 aliphatic heterocycles. The molecule has 0 fully saturated rings. The first-order chi connectivity index (χ1) is 8.20. The van der Waals surface area contributed by atoms with Crippen LogP contribution in [0.25, 0.3) is 10.9 Å². The van der Waals surface area contributed by atoms with Crippen molar-refractivity contribution in [1.29, 1.82) is 0 Å². The molecule has 2 rings (SSSR count). The van der Waals surface area contributed by atoms with Crippen molar-refractivity contribution in [3.8, 4) is 0 Å². The number of hydrogen-bond donors (Lipinski definition) is 2. The van der Waals surface area contributed by atoms with Gasteiger partial charge in [-0.05, 0) is 29.1 Å². The van der Waals surface area contributed by atoms with E-state index in [1.54, 1.807) is 0 Å². The van der Waals surface area contributed by atoms with Crippen LogP contribution in [0.2, 0.25) is 0 Å². The number of aliphatic hydroxyl groups is 1. The van der Waals surface area contributed by atoms with Gasteiger partial charge in [-0.3, -0.25) is 0 Å². The molecule has 0 atom stereocenters. The van der Waals surface area contributed by atoms with Crippen LogP contribution in [0.15, 0.2) is 30.5 Å². The van der Waals surface area contributed by atoms with Crippen LogP contribution in [0, 0.1) is 0 Å². The van der Waals surface area contributed by atoms with Gasteiger partial charge in [0, 0.05) is 30.8 Å². The normalized spacial score (nSPS) is 11.5. The van der Waals surface area contributed by atoms with E-state index in [0.717, 1.165) is 6.54 Å². The SMILES string of the molecule is CC(C)NCc1ccc2c(ccn2CCO)c1. The van der Waals surface area contributed by atoms with E-state index >= 15 is 0 Å². The molecule has 17 heavy (non-hydrogen) atoms. The van der Waals surface area contributed by atoms with Crippen LogP contribution >= 0.6 is 0 Å². The zero-order valence-corrected chi connectivity index (χ0v) is 10.5. The molecule has 2 N–H and O–H groups in total. The standard InChI is InChI=1S/C14H20N2O/c1-11(2)15-10-12-3-4-14-13(9-12)5-6-16(14)7-8-17/h3-6,9,11,15,17H,7-8,10H2,1-2H3. The third kappa shape index (κ3) is 2.87. The molecule has 0 spiro atoms. The van der Waals surface area contributed by atoms with Gasteiger partial charge in [-0.1, -0.05) is 19.9 Å². The van der Waals surface area contributed by atoms with Crippen molar-refractivity contribution in [2.75, 3.05) is 6.61 Å². The summed E-state index contributed by atoms with van der Waals surface area (Å²) in [7, 11) is 0. The molecule has 2 aromatic rings. The minimum absolute atomic E-state index is 0.181. The molecule has 3 nitrogen and oxygen atoms in total. The Morgan fingerprint density at radius 2 is 2.12 bits per heavy atom. The summed E-state index contributed by atoms with van der Waals surface area (Å²) in [5.41, 5.74) is 2.49. The molecule has 0 unspecified atom stereocenters. The fourth-order valence-corrected chi connectivity index (χ4v) is 1.98. The fraction of sp³-hybridized carbons (Fsp3) is 0.429. The molecular weight excluding hydrogens is 212 g/mol. The number of aromatic nitrogens is 1. The van der Waals surface area contributed by atoms with Crippen molar-refractivity contribution >= 4 is 10.9 Å². The summed E-state index contributed by atoms with van der Waals surface area (Å²) >= 11 is 0. The molecule has 0 amide bonds. The van der Waals surface area contributed by atoms with Gasteiger partial charge < -0.3 is 15.0 Å². The Morgan fingerprint density at radius 3 is 2.82 bits per heavy atom. The van der Waals surface area contributed by atoms with Gasteiger partial charge in [0.05, 0.1) is 6.61 Å². The van der Waals surface area contributed by atoms with Crippen LogP contribution in [0.4, 0.5) is 0 Å². The van der Waals surface area contributed by atoms with Crippen molar-refractivity contribution in [3.63, 3.8) is 0 Å². The summed E-state index contributed by atoms with van der Waals surface area (Å²) in [6, 6.07) is 9.08. The van der Waals surface area contributed by atoms with E-state index in [-0.39, 0.29) is 6.61 Å². The molecule has 0 aliphatic carbocycles. The number of benzene rings is 1. The summed E-state index contributed by atoms with van der Waals surface area (Å²) in [6.07, 6.45) is 2.03. The Bertz CT molecular complexity index is 488. The van der Waals surface area contributed by atoms with E-state index < -0.39 is 0 Å². The summed E-state index contributed by atoms with van der Waals surface area (Å²) in [5, 5.41) is 13.6. The van der Waals surface area contributed by atoms with E-state index in [1.807, 2.05) is 6.20 Å². The summed E-state index contributed by atoms with van der Waals surface area (Å²) in [4.78, 5) is 0. The predicted octanol–water partition coefficient (Wildman–Crippen LogP) is 2.13. The van der Waals surface area contributed by atoms with Gasteiger partial charge in [-0.15, -0.1) is 0 Å². The number of aliphatic hydroxyl groups excluding tert-OH is 1. The zero-order valence-electron chi connectivity index (χ0n) is 10.5. The average Bonchev–Trinajstić information content (AvgIpc) is 2.70. The lowest BCUT2D eigenvalue weighted by Gasteiger charge is -2.08. The highest BCUT2D eigenvalue weighted by molar-refractivity contribution is 5.80. The van der Waals surface area contributed by atoms with Crippen molar-refractivity contribution in [3.05, 3.63) is 36.0 Å². The molecule has 1 aromatic carbocycles. The summed E-state index contributed by atoms with van der Waals surface area (Å²) < 4.78 is 2.08. The zero-order chi connectivity index (χ0) is 12.3. The third-order valence-electron chi connectivity index (χ3n) is 2.89. The van der Waals surface area contributed by atoms with Gasteiger partial charge in [-0.2, -0.15) is 0 Å². The lowest BCUT2D eigenvalue weighted by molar-refractivity contribution is 0.278. The second kappa shape index (κ2) is 5.34. The number of rotatable bonds is 5. The first-order valence-corrected chi connectivity index (χ1v) is 6.12. The van der Waals surface area contributed by atoms with Gasteiger partial charge in [0.25, 0.3) is 0 Å². The topological polar surface area (TPSA) is 37.2 Å². The second-order valence-electron chi connectivity index (χ2n) is 4.66. The number of nitrogens with zero attached hydrogens (tertiary/aromatic N) is 1.